The van der Waals surface area contributed by atoms with Crippen LogP contribution in [0.3, 0.4) is 0 Å². The lowest BCUT2D eigenvalue weighted by molar-refractivity contribution is -0.139. The van der Waals surface area contributed by atoms with E-state index in [1.807, 2.05) is 92.7 Å². The van der Waals surface area contributed by atoms with E-state index in [9.17, 15) is 9.59 Å². The van der Waals surface area contributed by atoms with Gasteiger partial charge in [0, 0.05) is 29.4 Å². The molecule has 1 atom stereocenters. The molecule has 0 saturated heterocycles. The standard InChI is InChI=1S/C27H29ClN2O2S/c1-3-29-27(32)25(17-21-7-5-4-6-8-21)30(18-22-11-9-20(2)10-12-22)26(31)19-33-24-15-13-23(28)14-16-24/h4-16,25H,3,17-19H2,1-2H3,(H,29,32)/t25-/m1/s1. The topological polar surface area (TPSA) is 49.4 Å². The third-order valence-corrected chi connectivity index (χ3v) is 6.52. The molecule has 0 heterocycles. The third kappa shape index (κ3) is 7.65. The van der Waals surface area contributed by atoms with E-state index < -0.39 is 6.04 Å². The van der Waals surface area contributed by atoms with E-state index in [4.69, 9.17) is 11.6 Å². The van der Waals surface area contributed by atoms with Gasteiger partial charge in [-0.05, 0) is 49.2 Å². The van der Waals surface area contributed by atoms with Gasteiger partial charge in [0.15, 0.2) is 0 Å². The molecule has 0 saturated carbocycles. The van der Waals surface area contributed by atoms with Gasteiger partial charge in [0.25, 0.3) is 0 Å². The SMILES string of the molecule is CCNC(=O)[C@@H](Cc1ccccc1)N(Cc1ccc(C)cc1)C(=O)CSc1ccc(Cl)cc1. The smallest absolute Gasteiger partial charge is 0.243 e. The van der Waals surface area contributed by atoms with E-state index in [0.29, 0.717) is 24.5 Å². The van der Waals surface area contributed by atoms with Crippen LogP contribution in [-0.4, -0.2) is 35.1 Å². The van der Waals surface area contributed by atoms with Crippen LogP contribution in [-0.2, 0) is 22.6 Å². The van der Waals surface area contributed by atoms with Gasteiger partial charge in [-0.15, -0.1) is 11.8 Å². The first-order chi connectivity index (χ1) is 16.0. The molecule has 33 heavy (non-hydrogen) atoms. The van der Waals surface area contributed by atoms with E-state index in [2.05, 4.69) is 5.32 Å². The van der Waals surface area contributed by atoms with Crippen LogP contribution < -0.4 is 5.32 Å². The Bertz CT molecular complexity index is 1040. The fourth-order valence-electron chi connectivity index (χ4n) is 3.49. The van der Waals surface area contributed by atoms with Crippen molar-refractivity contribution >= 4 is 35.2 Å². The predicted octanol–water partition coefficient (Wildman–Crippen LogP) is 5.52. The monoisotopic (exact) mass is 480 g/mol. The lowest BCUT2D eigenvalue weighted by atomic mass is 10.0. The zero-order valence-electron chi connectivity index (χ0n) is 19.0. The lowest BCUT2D eigenvalue weighted by Crippen LogP contribution is -2.51. The Kier molecular flexibility index (Phi) is 9.40. The predicted molar refractivity (Wildman–Crippen MR) is 137 cm³/mol. The normalized spacial score (nSPS) is 11.6. The summed E-state index contributed by atoms with van der Waals surface area (Å²) in [5, 5.41) is 3.58. The third-order valence-electron chi connectivity index (χ3n) is 5.27. The van der Waals surface area contributed by atoms with E-state index in [-0.39, 0.29) is 17.6 Å². The first-order valence-electron chi connectivity index (χ1n) is 11.0. The lowest BCUT2D eigenvalue weighted by Gasteiger charge is -2.31. The largest absolute Gasteiger partial charge is 0.355 e. The summed E-state index contributed by atoms with van der Waals surface area (Å²) in [5.41, 5.74) is 3.16. The van der Waals surface area contributed by atoms with Gasteiger partial charge in [-0.1, -0.05) is 71.8 Å². The first-order valence-corrected chi connectivity index (χ1v) is 12.4. The second-order valence-electron chi connectivity index (χ2n) is 7.85. The molecule has 3 aromatic carbocycles. The van der Waals surface area contributed by atoms with E-state index in [1.165, 1.54) is 11.8 Å². The number of halogens is 1. The highest BCUT2D eigenvalue weighted by Crippen LogP contribution is 2.23. The molecule has 0 spiro atoms. The van der Waals surface area contributed by atoms with Crippen molar-refractivity contribution in [3.63, 3.8) is 0 Å². The Morgan fingerprint density at radius 2 is 1.61 bits per heavy atom. The van der Waals surface area contributed by atoms with E-state index >= 15 is 0 Å². The highest BCUT2D eigenvalue weighted by Gasteiger charge is 2.30. The molecule has 0 aromatic heterocycles. The van der Waals surface area contributed by atoms with Gasteiger partial charge in [0.05, 0.1) is 5.75 Å². The van der Waals surface area contributed by atoms with Gasteiger partial charge in [0.2, 0.25) is 11.8 Å². The van der Waals surface area contributed by atoms with Crippen LogP contribution >= 0.6 is 23.4 Å². The van der Waals surface area contributed by atoms with Crippen LogP contribution in [0.2, 0.25) is 5.02 Å². The van der Waals surface area contributed by atoms with Gasteiger partial charge >= 0.3 is 0 Å². The summed E-state index contributed by atoms with van der Waals surface area (Å²) >= 11 is 7.43. The molecule has 1 N–H and O–H groups in total. The molecular weight excluding hydrogens is 452 g/mol. The summed E-state index contributed by atoms with van der Waals surface area (Å²) in [5.74, 6) is 0.0130. The highest BCUT2D eigenvalue weighted by molar-refractivity contribution is 8.00. The molecule has 172 valence electrons. The van der Waals surface area contributed by atoms with Crippen molar-refractivity contribution < 1.29 is 9.59 Å². The van der Waals surface area contributed by atoms with Crippen molar-refractivity contribution in [2.75, 3.05) is 12.3 Å². The van der Waals surface area contributed by atoms with Crippen molar-refractivity contribution in [3.05, 3.63) is 101 Å². The summed E-state index contributed by atoms with van der Waals surface area (Å²) in [6.45, 7) is 4.80. The summed E-state index contributed by atoms with van der Waals surface area (Å²) in [6.07, 6.45) is 0.454. The second-order valence-corrected chi connectivity index (χ2v) is 9.34. The number of hydrogen-bond acceptors (Lipinski definition) is 3. The summed E-state index contributed by atoms with van der Waals surface area (Å²) < 4.78 is 0. The molecule has 0 aliphatic heterocycles. The zero-order valence-corrected chi connectivity index (χ0v) is 20.5. The van der Waals surface area contributed by atoms with Crippen molar-refractivity contribution in [1.29, 1.82) is 0 Å². The zero-order chi connectivity index (χ0) is 23.6. The summed E-state index contributed by atoms with van der Waals surface area (Å²) in [6, 6.07) is 24.7. The Balaban J connectivity index is 1.87. The fourth-order valence-corrected chi connectivity index (χ4v) is 4.41. The molecule has 3 aromatic rings. The molecule has 0 unspecified atom stereocenters. The molecule has 0 fully saturated rings. The van der Waals surface area contributed by atoms with Crippen molar-refractivity contribution in [3.8, 4) is 0 Å². The van der Waals surface area contributed by atoms with Crippen LogP contribution in [0.5, 0.6) is 0 Å². The van der Waals surface area contributed by atoms with E-state index in [1.54, 1.807) is 4.90 Å². The van der Waals surface area contributed by atoms with Crippen LogP contribution in [0, 0.1) is 6.92 Å². The Hall–Kier alpha value is -2.76. The van der Waals surface area contributed by atoms with Crippen molar-refractivity contribution in [2.45, 2.75) is 37.8 Å². The average molecular weight is 481 g/mol. The van der Waals surface area contributed by atoms with Crippen LogP contribution in [0.15, 0.2) is 83.8 Å². The van der Waals surface area contributed by atoms with Gasteiger partial charge in [-0.3, -0.25) is 9.59 Å². The Morgan fingerprint density at radius 3 is 2.24 bits per heavy atom. The summed E-state index contributed by atoms with van der Waals surface area (Å²) in [7, 11) is 0. The molecule has 0 aliphatic rings. The molecule has 3 rings (SSSR count). The number of carbonyl (C=O) groups is 2. The van der Waals surface area contributed by atoms with Crippen molar-refractivity contribution in [1.82, 2.24) is 10.2 Å². The maximum atomic E-state index is 13.5. The van der Waals surface area contributed by atoms with Gasteiger partial charge in [-0.25, -0.2) is 0 Å². The number of aryl methyl sites for hydroxylation is 1. The number of nitrogens with one attached hydrogen (secondary N) is 1. The fraction of sp³-hybridized carbons (Fsp3) is 0.259. The molecule has 0 radical (unpaired) electrons. The van der Waals surface area contributed by atoms with Gasteiger partial charge in [0.1, 0.15) is 6.04 Å². The highest BCUT2D eigenvalue weighted by atomic mass is 35.5. The summed E-state index contributed by atoms with van der Waals surface area (Å²) in [4.78, 5) is 29.3. The Labute approximate surface area is 205 Å². The second kappa shape index (κ2) is 12.5. The molecule has 6 heteroatoms. The minimum Gasteiger partial charge on any atom is -0.355 e. The number of nitrogens with zero attached hydrogens (tertiary/aromatic N) is 1. The number of benzene rings is 3. The maximum Gasteiger partial charge on any atom is 0.243 e. The van der Waals surface area contributed by atoms with Crippen LogP contribution in [0.4, 0.5) is 0 Å². The number of carbonyl (C=O) groups excluding carboxylic acids is 2. The number of amides is 2. The van der Waals surface area contributed by atoms with Crippen LogP contribution in [0.1, 0.15) is 23.6 Å². The number of rotatable bonds is 10. The molecular formula is C27H29ClN2O2S. The quantitative estimate of drug-likeness (QED) is 0.389. The minimum atomic E-state index is -0.605. The number of thioether (sulfide) groups is 1. The molecule has 0 bridgehead atoms. The first kappa shape index (κ1) is 24.9. The van der Waals surface area contributed by atoms with Crippen molar-refractivity contribution in [2.24, 2.45) is 0 Å². The van der Waals surface area contributed by atoms with E-state index in [0.717, 1.165) is 21.6 Å². The minimum absolute atomic E-state index is 0.0808. The Morgan fingerprint density at radius 1 is 0.939 bits per heavy atom. The number of likely N-dealkylation sites (N-methyl/N-ethyl adjacent to an activating group) is 1. The molecule has 4 nitrogen and oxygen atoms in total. The average Bonchev–Trinajstić information content (AvgIpc) is 2.82. The van der Waals surface area contributed by atoms with Gasteiger partial charge < -0.3 is 10.2 Å². The van der Waals surface area contributed by atoms with Gasteiger partial charge in [-0.2, -0.15) is 0 Å². The molecule has 2 amide bonds. The maximum absolute atomic E-state index is 13.5. The number of hydrogen-bond donors (Lipinski definition) is 1. The molecule has 0 aliphatic carbocycles. The van der Waals surface area contributed by atoms with Crippen LogP contribution in [0.25, 0.3) is 0 Å².